The number of imide groups is 1. The predicted octanol–water partition coefficient (Wildman–Crippen LogP) is 6.73. The number of benzene rings is 3. The molecule has 1 saturated heterocycles. The van der Waals surface area contributed by atoms with Crippen LogP contribution in [0, 0.1) is 0 Å². The summed E-state index contributed by atoms with van der Waals surface area (Å²) < 4.78 is 0. The van der Waals surface area contributed by atoms with Crippen LogP contribution >= 0.6 is 35.1 Å². The minimum atomic E-state index is -0.322. The third-order valence-electron chi connectivity index (χ3n) is 4.06. The number of hydrogen-bond donors (Lipinski definition) is 0. The van der Waals surface area contributed by atoms with Crippen LogP contribution in [0.25, 0.3) is 6.08 Å². The zero-order valence-electron chi connectivity index (χ0n) is 14.5. The summed E-state index contributed by atoms with van der Waals surface area (Å²) in [5.74, 6) is -0.322. The largest absolute Gasteiger partial charge is 0.298 e. The van der Waals surface area contributed by atoms with Crippen molar-refractivity contribution in [2.24, 2.45) is 0 Å². The fraction of sp³-hybridized carbons (Fsp3) is 0. The minimum absolute atomic E-state index is 0.313. The number of anilines is 1. The average Bonchev–Trinajstić information content (AvgIpc) is 2.98. The summed E-state index contributed by atoms with van der Waals surface area (Å²) in [6, 6.07) is 24.5. The van der Waals surface area contributed by atoms with Gasteiger partial charge in [0.15, 0.2) is 0 Å². The maximum absolute atomic E-state index is 12.9. The topological polar surface area (TPSA) is 37.4 Å². The van der Waals surface area contributed by atoms with E-state index in [1.54, 1.807) is 42.1 Å². The van der Waals surface area contributed by atoms with Gasteiger partial charge in [-0.25, -0.2) is 4.90 Å². The molecule has 1 fully saturated rings. The fourth-order valence-electron chi connectivity index (χ4n) is 2.73. The number of rotatable bonds is 4. The molecule has 0 bridgehead atoms. The summed E-state index contributed by atoms with van der Waals surface area (Å²) in [5, 5.41) is 0.241. The standard InChI is InChI=1S/C22H14ClNO2S2/c23-16-10-12-17(13-11-16)24-21(25)20(28-22(24)26)14-15-6-4-5-9-19(15)27-18-7-2-1-3-8-18/h1-14H/b20-14-. The van der Waals surface area contributed by atoms with Gasteiger partial charge in [0.25, 0.3) is 11.1 Å². The number of nitrogens with zero attached hydrogens (tertiary/aromatic N) is 1. The number of amides is 2. The molecule has 2 amide bonds. The summed E-state index contributed by atoms with van der Waals surface area (Å²) >= 11 is 8.47. The van der Waals surface area contributed by atoms with Gasteiger partial charge in [-0.1, -0.05) is 59.8 Å². The third-order valence-corrected chi connectivity index (χ3v) is 6.28. The molecule has 3 aromatic rings. The summed E-state index contributed by atoms with van der Waals surface area (Å²) in [6.07, 6.45) is 1.78. The third kappa shape index (κ3) is 4.02. The maximum atomic E-state index is 12.9. The number of carbonyl (C=O) groups is 2. The lowest BCUT2D eigenvalue weighted by molar-refractivity contribution is -0.113. The second-order valence-corrected chi connectivity index (χ2v) is 8.49. The van der Waals surface area contributed by atoms with Crippen molar-refractivity contribution in [3.05, 3.63) is 94.4 Å². The maximum Gasteiger partial charge on any atom is 0.298 e. The van der Waals surface area contributed by atoms with Gasteiger partial charge in [0, 0.05) is 14.8 Å². The Bertz CT molecular complexity index is 1070. The van der Waals surface area contributed by atoms with Crippen LogP contribution in [0.1, 0.15) is 5.56 Å². The van der Waals surface area contributed by atoms with Crippen molar-refractivity contribution >= 4 is 58.0 Å². The van der Waals surface area contributed by atoms with Gasteiger partial charge in [-0.2, -0.15) is 0 Å². The number of thioether (sulfide) groups is 1. The number of halogens is 1. The molecule has 0 N–H and O–H groups in total. The molecule has 138 valence electrons. The van der Waals surface area contributed by atoms with Crippen molar-refractivity contribution in [3.63, 3.8) is 0 Å². The average molecular weight is 424 g/mol. The Kier molecular flexibility index (Phi) is 5.57. The van der Waals surface area contributed by atoms with Gasteiger partial charge >= 0.3 is 0 Å². The fourth-order valence-corrected chi connectivity index (χ4v) is 4.63. The van der Waals surface area contributed by atoms with Gasteiger partial charge in [0.2, 0.25) is 0 Å². The molecule has 6 heteroatoms. The van der Waals surface area contributed by atoms with Gasteiger partial charge in [-0.05, 0) is 65.9 Å². The Balaban J connectivity index is 1.64. The minimum Gasteiger partial charge on any atom is -0.268 e. The first-order chi connectivity index (χ1) is 13.6. The van der Waals surface area contributed by atoms with Gasteiger partial charge in [0.1, 0.15) is 0 Å². The van der Waals surface area contributed by atoms with E-state index in [9.17, 15) is 9.59 Å². The van der Waals surface area contributed by atoms with E-state index in [1.807, 2.05) is 54.6 Å². The van der Waals surface area contributed by atoms with Crippen molar-refractivity contribution in [1.82, 2.24) is 0 Å². The van der Waals surface area contributed by atoms with Crippen LogP contribution in [-0.2, 0) is 4.79 Å². The highest BCUT2D eigenvalue weighted by molar-refractivity contribution is 8.19. The quantitative estimate of drug-likeness (QED) is 0.436. The van der Waals surface area contributed by atoms with Crippen LogP contribution in [0.3, 0.4) is 0 Å². The Hall–Kier alpha value is -2.47. The highest BCUT2D eigenvalue weighted by Gasteiger charge is 2.36. The lowest BCUT2D eigenvalue weighted by Crippen LogP contribution is -2.27. The van der Waals surface area contributed by atoms with E-state index in [1.165, 1.54) is 4.90 Å². The zero-order chi connectivity index (χ0) is 19.5. The monoisotopic (exact) mass is 423 g/mol. The van der Waals surface area contributed by atoms with E-state index in [0.717, 1.165) is 27.1 Å². The number of hydrogen-bond acceptors (Lipinski definition) is 4. The zero-order valence-corrected chi connectivity index (χ0v) is 16.9. The van der Waals surface area contributed by atoms with E-state index >= 15 is 0 Å². The van der Waals surface area contributed by atoms with Crippen LogP contribution in [-0.4, -0.2) is 11.1 Å². The number of carbonyl (C=O) groups excluding carboxylic acids is 2. The summed E-state index contributed by atoms with van der Waals surface area (Å²) in [6.45, 7) is 0. The van der Waals surface area contributed by atoms with Crippen molar-refractivity contribution in [2.45, 2.75) is 9.79 Å². The molecular formula is C22H14ClNO2S2. The highest BCUT2D eigenvalue weighted by Crippen LogP contribution is 2.38. The highest BCUT2D eigenvalue weighted by atomic mass is 35.5. The molecule has 1 heterocycles. The van der Waals surface area contributed by atoms with E-state index in [0.29, 0.717) is 15.6 Å². The summed E-state index contributed by atoms with van der Waals surface area (Å²) in [5.41, 5.74) is 1.42. The lowest BCUT2D eigenvalue weighted by Gasteiger charge is -2.12. The van der Waals surface area contributed by atoms with Crippen LogP contribution in [0.5, 0.6) is 0 Å². The smallest absolute Gasteiger partial charge is 0.268 e. The molecule has 3 aromatic carbocycles. The van der Waals surface area contributed by atoms with Crippen LogP contribution < -0.4 is 4.90 Å². The molecule has 0 aromatic heterocycles. The van der Waals surface area contributed by atoms with Gasteiger partial charge in [-0.15, -0.1) is 0 Å². The normalized spacial score (nSPS) is 15.5. The van der Waals surface area contributed by atoms with Gasteiger partial charge in [-0.3, -0.25) is 9.59 Å². The van der Waals surface area contributed by atoms with Crippen molar-refractivity contribution in [1.29, 1.82) is 0 Å². The Morgan fingerprint density at radius 1 is 0.857 bits per heavy atom. The molecule has 3 nitrogen and oxygen atoms in total. The summed E-state index contributed by atoms with van der Waals surface area (Å²) in [4.78, 5) is 29.0. The second-order valence-electron chi connectivity index (χ2n) is 5.95. The van der Waals surface area contributed by atoms with E-state index in [4.69, 9.17) is 11.6 Å². The van der Waals surface area contributed by atoms with Crippen LogP contribution in [0.15, 0.2) is 93.6 Å². The Morgan fingerprint density at radius 2 is 1.54 bits per heavy atom. The van der Waals surface area contributed by atoms with E-state index in [2.05, 4.69) is 0 Å². The van der Waals surface area contributed by atoms with Crippen LogP contribution in [0.2, 0.25) is 5.02 Å². The molecule has 1 aliphatic rings. The first-order valence-electron chi connectivity index (χ1n) is 8.47. The molecule has 0 aliphatic carbocycles. The van der Waals surface area contributed by atoms with Gasteiger partial charge < -0.3 is 0 Å². The molecule has 0 saturated carbocycles. The molecule has 0 radical (unpaired) electrons. The molecule has 0 atom stereocenters. The molecule has 4 rings (SSSR count). The molecular weight excluding hydrogens is 410 g/mol. The summed E-state index contributed by atoms with van der Waals surface area (Å²) in [7, 11) is 0. The van der Waals surface area contributed by atoms with Gasteiger partial charge in [0.05, 0.1) is 10.6 Å². The van der Waals surface area contributed by atoms with Crippen molar-refractivity contribution in [3.8, 4) is 0 Å². The molecule has 28 heavy (non-hydrogen) atoms. The molecule has 0 unspecified atom stereocenters. The van der Waals surface area contributed by atoms with Crippen LogP contribution in [0.4, 0.5) is 10.5 Å². The first kappa shape index (κ1) is 18.9. The van der Waals surface area contributed by atoms with E-state index in [-0.39, 0.29) is 11.1 Å². The Morgan fingerprint density at radius 3 is 2.29 bits per heavy atom. The Labute approximate surface area is 176 Å². The first-order valence-corrected chi connectivity index (χ1v) is 10.5. The molecule has 0 spiro atoms. The predicted molar refractivity (Wildman–Crippen MR) is 117 cm³/mol. The molecule has 1 aliphatic heterocycles. The SMILES string of the molecule is O=C1S/C(=C\c2ccccc2Sc2ccccc2)C(=O)N1c1ccc(Cl)cc1. The second kappa shape index (κ2) is 8.27. The lowest BCUT2D eigenvalue weighted by atomic mass is 10.2. The van der Waals surface area contributed by atoms with Crippen molar-refractivity contribution < 1.29 is 9.59 Å². The van der Waals surface area contributed by atoms with E-state index < -0.39 is 0 Å². The van der Waals surface area contributed by atoms with Crippen molar-refractivity contribution in [2.75, 3.05) is 4.90 Å².